The van der Waals surface area contributed by atoms with Gasteiger partial charge in [0.2, 0.25) is 0 Å². The molecule has 0 aromatic heterocycles. The van der Waals surface area contributed by atoms with Crippen LogP contribution in [0.25, 0.3) is 0 Å². The van der Waals surface area contributed by atoms with Crippen LogP contribution < -0.4 is 5.32 Å². The van der Waals surface area contributed by atoms with E-state index in [1.54, 1.807) is 0 Å². The van der Waals surface area contributed by atoms with E-state index in [1.165, 1.54) is 22.4 Å². The molecular formula is C18H25N. The number of nitrogens with one attached hydrogen (secondary N) is 1. The molecule has 0 radical (unpaired) electrons. The monoisotopic (exact) mass is 255 g/mol. The van der Waals surface area contributed by atoms with Gasteiger partial charge in [-0.25, -0.2) is 0 Å². The Kier molecular flexibility index (Phi) is 6.73. The smallest absolute Gasteiger partial charge is 0.0403 e. The molecule has 1 nitrogen and oxygen atoms in total. The fraction of sp³-hybridized carbons (Fsp3) is 0.333. The van der Waals surface area contributed by atoms with Crippen molar-refractivity contribution < 1.29 is 0 Å². The van der Waals surface area contributed by atoms with Crippen LogP contribution >= 0.6 is 0 Å². The van der Waals surface area contributed by atoms with Crippen LogP contribution in [0.2, 0.25) is 0 Å². The molecule has 0 bridgehead atoms. The predicted octanol–water partition coefficient (Wildman–Crippen LogP) is 5.13. The van der Waals surface area contributed by atoms with E-state index in [-0.39, 0.29) is 0 Å². The van der Waals surface area contributed by atoms with E-state index >= 15 is 0 Å². The highest BCUT2D eigenvalue weighted by Crippen LogP contribution is 2.24. The van der Waals surface area contributed by atoms with E-state index in [0.717, 1.165) is 19.4 Å². The summed E-state index contributed by atoms with van der Waals surface area (Å²) in [4.78, 5) is 0. The molecule has 0 aliphatic carbocycles. The Morgan fingerprint density at radius 2 is 1.84 bits per heavy atom. The molecule has 1 heterocycles. The third-order valence-electron chi connectivity index (χ3n) is 3.18. The van der Waals surface area contributed by atoms with Gasteiger partial charge < -0.3 is 5.32 Å². The summed E-state index contributed by atoms with van der Waals surface area (Å²) in [5, 5.41) is 3.49. The Morgan fingerprint density at radius 3 is 2.53 bits per heavy atom. The number of hydrogen-bond donors (Lipinski definition) is 1. The summed E-state index contributed by atoms with van der Waals surface area (Å²) < 4.78 is 0. The normalized spacial score (nSPS) is 18.5. The number of benzene rings is 1. The van der Waals surface area contributed by atoms with Crippen molar-refractivity contribution in [3.63, 3.8) is 0 Å². The molecule has 1 heteroatoms. The molecule has 2 rings (SSSR count). The number of anilines is 1. The van der Waals surface area contributed by atoms with Crippen LogP contribution in [-0.2, 0) is 6.42 Å². The van der Waals surface area contributed by atoms with Crippen molar-refractivity contribution in [2.75, 3.05) is 11.9 Å². The minimum absolute atomic E-state index is 0.861. The van der Waals surface area contributed by atoms with Crippen molar-refractivity contribution in [1.82, 2.24) is 0 Å². The van der Waals surface area contributed by atoms with E-state index in [4.69, 9.17) is 0 Å². The summed E-state index contributed by atoms with van der Waals surface area (Å²) in [7, 11) is 0. The lowest BCUT2D eigenvalue weighted by molar-refractivity contribution is 0.934. The zero-order chi connectivity index (χ0) is 14.1. The van der Waals surface area contributed by atoms with E-state index in [0.29, 0.717) is 0 Å². The molecule has 0 fully saturated rings. The SMILES string of the molecule is C=C/C1=C(\C=C/C)CCc2ccccc2NC1.CC. The van der Waals surface area contributed by atoms with Crippen molar-refractivity contribution >= 4 is 5.69 Å². The number of rotatable bonds is 2. The molecule has 0 unspecified atom stereocenters. The maximum Gasteiger partial charge on any atom is 0.0403 e. The van der Waals surface area contributed by atoms with Crippen LogP contribution in [0, 0.1) is 0 Å². The fourth-order valence-electron chi connectivity index (χ4n) is 2.24. The topological polar surface area (TPSA) is 12.0 Å². The van der Waals surface area contributed by atoms with Crippen molar-refractivity contribution in [3.8, 4) is 0 Å². The van der Waals surface area contributed by atoms with Crippen LogP contribution in [0.15, 0.2) is 60.2 Å². The molecule has 0 saturated heterocycles. The van der Waals surface area contributed by atoms with Crippen LogP contribution in [0.4, 0.5) is 5.69 Å². The highest BCUT2D eigenvalue weighted by molar-refractivity contribution is 5.54. The second-order valence-electron chi connectivity index (χ2n) is 4.27. The average Bonchev–Trinajstić information content (AvgIpc) is 2.46. The first-order chi connectivity index (χ1) is 9.35. The van der Waals surface area contributed by atoms with Gasteiger partial charge in [-0.3, -0.25) is 0 Å². The predicted molar refractivity (Wildman–Crippen MR) is 86.6 cm³/mol. The number of hydrogen-bond acceptors (Lipinski definition) is 1. The highest BCUT2D eigenvalue weighted by atomic mass is 14.9. The summed E-state index contributed by atoms with van der Waals surface area (Å²) in [6.45, 7) is 10.8. The summed E-state index contributed by atoms with van der Waals surface area (Å²) >= 11 is 0. The van der Waals surface area contributed by atoms with E-state index in [1.807, 2.05) is 19.9 Å². The van der Waals surface area contributed by atoms with Gasteiger partial charge in [-0.05, 0) is 42.5 Å². The molecule has 102 valence electrons. The van der Waals surface area contributed by atoms with Gasteiger partial charge in [-0.1, -0.05) is 56.9 Å². The summed E-state index contributed by atoms with van der Waals surface area (Å²) in [5.74, 6) is 0. The van der Waals surface area contributed by atoms with Crippen molar-refractivity contribution in [2.24, 2.45) is 0 Å². The van der Waals surface area contributed by atoms with Crippen LogP contribution in [0.5, 0.6) is 0 Å². The summed E-state index contributed by atoms with van der Waals surface area (Å²) in [5.41, 5.74) is 5.35. The number of para-hydroxylation sites is 1. The largest absolute Gasteiger partial charge is 0.381 e. The molecule has 0 spiro atoms. The van der Waals surface area contributed by atoms with Crippen molar-refractivity contribution in [1.29, 1.82) is 0 Å². The maximum atomic E-state index is 3.91. The molecule has 1 aromatic rings. The Labute approximate surface area is 117 Å². The first kappa shape index (κ1) is 15.3. The quantitative estimate of drug-likeness (QED) is 0.772. The Morgan fingerprint density at radius 1 is 1.11 bits per heavy atom. The molecule has 1 aliphatic heterocycles. The van der Waals surface area contributed by atoms with Gasteiger partial charge in [0.1, 0.15) is 0 Å². The fourth-order valence-corrected chi connectivity index (χ4v) is 2.24. The second-order valence-corrected chi connectivity index (χ2v) is 4.27. The molecule has 0 amide bonds. The second kappa shape index (κ2) is 8.36. The average molecular weight is 255 g/mol. The minimum Gasteiger partial charge on any atom is -0.381 e. The number of aryl methyl sites for hydroxylation is 1. The van der Waals surface area contributed by atoms with Gasteiger partial charge in [-0.2, -0.15) is 0 Å². The Balaban J connectivity index is 0.000000861. The van der Waals surface area contributed by atoms with E-state index in [2.05, 4.69) is 55.2 Å². The Bertz CT molecular complexity index is 466. The van der Waals surface area contributed by atoms with Crippen molar-refractivity contribution in [2.45, 2.75) is 33.6 Å². The van der Waals surface area contributed by atoms with E-state index in [9.17, 15) is 0 Å². The van der Waals surface area contributed by atoms with Gasteiger partial charge in [0, 0.05) is 12.2 Å². The zero-order valence-corrected chi connectivity index (χ0v) is 12.4. The third-order valence-corrected chi connectivity index (χ3v) is 3.18. The van der Waals surface area contributed by atoms with Gasteiger partial charge >= 0.3 is 0 Å². The lowest BCUT2D eigenvalue weighted by Crippen LogP contribution is -2.10. The molecule has 1 aliphatic rings. The van der Waals surface area contributed by atoms with E-state index < -0.39 is 0 Å². The van der Waals surface area contributed by atoms with Gasteiger partial charge in [0.15, 0.2) is 0 Å². The number of allylic oxidation sites excluding steroid dienone is 3. The van der Waals surface area contributed by atoms with Crippen LogP contribution in [0.3, 0.4) is 0 Å². The lowest BCUT2D eigenvalue weighted by Gasteiger charge is -2.18. The first-order valence-corrected chi connectivity index (χ1v) is 7.14. The standard InChI is InChI=1S/C16H19N.C2H6/c1-3-7-14-10-11-15-8-5-6-9-16(15)17-12-13(14)4-2;1-2/h3-9,17H,2,10-12H2,1H3;1-2H3/b7-3-,14-13-;. The number of fused-ring (bicyclic) bond motifs is 1. The summed E-state index contributed by atoms with van der Waals surface area (Å²) in [6, 6.07) is 8.54. The van der Waals surface area contributed by atoms with Crippen LogP contribution in [-0.4, -0.2) is 6.54 Å². The molecular weight excluding hydrogens is 230 g/mol. The first-order valence-electron chi connectivity index (χ1n) is 7.14. The molecule has 0 atom stereocenters. The molecule has 1 N–H and O–H groups in total. The van der Waals surface area contributed by atoms with Gasteiger partial charge in [-0.15, -0.1) is 0 Å². The van der Waals surface area contributed by atoms with Crippen molar-refractivity contribution in [3.05, 3.63) is 65.8 Å². The molecule has 0 saturated carbocycles. The zero-order valence-electron chi connectivity index (χ0n) is 12.4. The maximum absolute atomic E-state index is 3.91. The molecule has 1 aromatic carbocycles. The Hall–Kier alpha value is -1.76. The minimum atomic E-state index is 0.861. The lowest BCUT2D eigenvalue weighted by atomic mass is 9.96. The van der Waals surface area contributed by atoms with Gasteiger partial charge in [0.05, 0.1) is 0 Å². The van der Waals surface area contributed by atoms with Crippen LogP contribution in [0.1, 0.15) is 32.8 Å². The third kappa shape index (κ3) is 4.13. The summed E-state index contributed by atoms with van der Waals surface area (Å²) in [6.07, 6.45) is 8.44. The highest BCUT2D eigenvalue weighted by Gasteiger charge is 2.09. The van der Waals surface area contributed by atoms with Gasteiger partial charge in [0.25, 0.3) is 0 Å². The molecule has 19 heavy (non-hydrogen) atoms.